The Morgan fingerprint density at radius 1 is 1.32 bits per heavy atom. The highest BCUT2D eigenvalue weighted by molar-refractivity contribution is 6.13. The fourth-order valence-electron chi connectivity index (χ4n) is 1.50. The van der Waals surface area contributed by atoms with E-state index in [1.165, 1.54) is 6.92 Å². The predicted molar refractivity (Wildman–Crippen MR) is 61.7 cm³/mol. The van der Waals surface area contributed by atoms with Crippen LogP contribution in [0.25, 0.3) is 0 Å². The van der Waals surface area contributed by atoms with Gasteiger partial charge in [-0.3, -0.25) is 19.3 Å². The van der Waals surface area contributed by atoms with Gasteiger partial charge in [0, 0.05) is 25.1 Å². The monoisotopic (exact) mass is 270 g/mol. The van der Waals surface area contributed by atoms with Crippen LogP contribution in [0.2, 0.25) is 0 Å². The van der Waals surface area contributed by atoms with E-state index in [1.54, 1.807) is 0 Å². The number of aliphatic hydroxyl groups excluding tert-OH is 1. The number of nitrogens with one attached hydrogen (secondary N) is 1. The maximum Gasteiger partial charge on any atom is 0.328 e. The van der Waals surface area contributed by atoms with Gasteiger partial charge in [-0.2, -0.15) is 0 Å². The second-order valence-corrected chi connectivity index (χ2v) is 4.04. The minimum absolute atomic E-state index is 0.136. The van der Waals surface area contributed by atoms with Crippen LogP contribution in [0, 0.1) is 0 Å². The summed E-state index contributed by atoms with van der Waals surface area (Å²) in [5.41, 5.74) is 0. The fraction of sp³-hybridized carbons (Fsp3) is 0.455. The maximum absolute atomic E-state index is 11.5. The van der Waals surface area contributed by atoms with Crippen molar-refractivity contribution in [2.24, 2.45) is 0 Å². The molecular weight excluding hydrogens is 256 g/mol. The number of carboxylic acid groups (broad SMARTS) is 1. The maximum atomic E-state index is 11.5. The Kier molecular flexibility index (Phi) is 4.76. The zero-order valence-electron chi connectivity index (χ0n) is 10.2. The van der Waals surface area contributed by atoms with E-state index in [9.17, 15) is 24.3 Å². The van der Waals surface area contributed by atoms with Gasteiger partial charge in [-0.1, -0.05) is 0 Å². The van der Waals surface area contributed by atoms with Gasteiger partial charge in [0.25, 0.3) is 11.8 Å². The molecule has 0 bridgehead atoms. The Morgan fingerprint density at radius 3 is 2.26 bits per heavy atom. The van der Waals surface area contributed by atoms with Crippen LogP contribution in [-0.2, 0) is 19.2 Å². The lowest BCUT2D eigenvalue weighted by molar-refractivity contribution is -0.145. The number of aliphatic hydroxyl groups is 1. The third-order valence-electron chi connectivity index (χ3n) is 2.53. The molecule has 0 aliphatic carbocycles. The Hall–Kier alpha value is -2.22. The molecule has 0 fully saturated rings. The minimum atomic E-state index is -1.42. The van der Waals surface area contributed by atoms with Gasteiger partial charge in [0.1, 0.15) is 0 Å². The molecule has 1 aliphatic rings. The van der Waals surface area contributed by atoms with Gasteiger partial charge >= 0.3 is 5.97 Å². The highest BCUT2D eigenvalue weighted by atomic mass is 16.4. The van der Waals surface area contributed by atoms with Crippen LogP contribution in [0.3, 0.4) is 0 Å². The first-order valence-electron chi connectivity index (χ1n) is 5.56. The summed E-state index contributed by atoms with van der Waals surface area (Å²) < 4.78 is 0. The Labute approximate surface area is 108 Å². The lowest BCUT2D eigenvalue weighted by atomic mass is 10.2. The van der Waals surface area contributed by atoms with E-state index in [0.29, 0.717) is 0 Å². The third kappa shape index (κ3) is 3.88. The Balaban J connectivity index is 2.46. The smallest absolute Gasteiger partial charge is 0.328 e. The zero-order chi connectivity index (χ0) is 14.6. The number of carboxylic acids is 1. The summed E-state index contributed by atoms with van der Waals surface area (Å²) in [7, 11) is 0. The van der Waals surface area contributed by atoms with Gasteiger partial charge in [-0.15, -0.1) is 0 Å². The van der Waals surface area contributed by atoms with E-state index in [0.717, 1.165) is 17.1 Å². The van der Waals surface area contributed by atoms with Gasteiger partial charge in [0.2, 0.25) is 5.91 Å². The van der Waals surface area contributed by atoms with E-state index >= 15 is 0 Å². The van der Waals surface area contributed by atoms with Gasteiger partial charge in [-0.05, 0) is 6.92 Å². The SMILES string of the molecule is CC(O)C(NC(=O)CCN1C(=O)C=CC1=O)C(=O)O. The summed E-state index contributed by atoms with van der Waals surface area (Å²) in [4.78, 5) is 45.5. The molecule has 0 aromatic heterocycles. The minimum Gasteiger partial charge on any atom is -0.480 e. The van der Waals surface area contributed by atoms with Gasteiger partial charge < -0.3 is 15.5 Å². The average molecular weight is 270 g/mol. The van der Waals surface area contributed by atoms with Crippen LogP contribution >= 0.6 is 0 Å². The number of rotatable bonds is 6. The molecule has 1 heterocycles. The van der Waals surface area contributed by atoms with Gasteiger partial charge in [-0.25, -0.2) is 4.79 Å². The molecule has 2 unspecified atom stereocenters. The van der Waals surface area contributed by atoms with Crippen LogP contribution in [0.1, 0.15) is 13.3 Å². The summed E-state index contributed by atoms with van der Waals surface area (Å²) in [6.07, 6.45) is 0.708. The van der Waals surface area contributed by atoms with Crippen LogP contribution in [-0.4, -0.2) is 57.5 Å². The normalized spacial score (nSPS) is 17.5. The summed E-state index contributed by atoms with van der Waals surface area (Å²) in [5, 5.41) is 20.0. The number of carbonyl (C=O) groups is 4. The number of hydrogen-bond donors (Lipinski definition) is 3. The molecule has 3 N–H and O–H groups in total. The molecule has 0 saturated heterocycles. The molecule has 8 heteroatoms. The van der Waals surface area contributed by atoms with Gasteiger partial charge in [0.05, 0.1) is 6.10 Å². The molecule has 0 spiro atoms. The molecule has 1 rings (SSSR count). The molecule has 0 saturated carbocycles. The van der Waals surface area contributed by atoms with Crippen molar-refractivity contribution in [3.8, 4) is 0 Å². The van der Waals surface area contributed by atoms with Crippen molar-refractivity contribution in [1.82, 2.24) is 10.2 Å². The first-order chi connectivity index (χ1) is 8.82. The Morgan fingerprint density at radius 2 is 1.84 bits per heavy atom. The van der Waals surface area contributed by atoms with E-state index in [1.807, 2.05) is 0 Å². The molecule has 3 amide bonds. The molecule has 1 aliphatic heterocycles. The number of imide groups is 1. The van der Waals surface area contributed by atoms with Crippen molar-refractivity contribution in [3.63, 3.8) is 0 Å². The number of carbonyl (C=O) groups excluding carboxylic acids is 3. The summed E-state index contributed by atoms with van der Waals surface area (Å²) in [5.74, 6) is -3.05. The zero-order valence-corrected chi connectivity index (χ0v) is 10.2. The van der Waals surface area contributed by atoms with E-state index in [4.69, 9.17) is 5.11 Å². The molecule has 19 heavy (non-hydrogen) atoms. The molecule has 0 radical (unpaired) electrons. The predicted octanol–water partition coefficient (Wildman–Crippen LogP) is -1.75. The van der Waals surface area contributed by atoms with Crippen LogP contribution in [0.5, 0.6) is 0 Å². The number of hydrogen-bond acceptors (Lipinski definition) is 5. The Bertz CT molecular complexity index is 424. The molecule has 0 aromatic carbocycles. The molecule has 8 nitrogen and oxygen atoms in total. The number of amides is 3. The van der Waals surface area contributed by atoms with Crippen molar-refractivity contribution in [3.05, 3.63) is 12.2 Å². The van der Waals surface area contributed by atoms with E-state index < -0.39 is 35.8 Å². The fourth-order valence-corrected chi connectivity index (χ4v) is 1.50. The van der Waals surface area contributed by atoms with Crippen molar-refractivity contribution < 1.29 is 29.4 Å². The van der Waals surface area contributed by atoms with Crippen molar-refractivity contribution >= 4 is 23.7 Å². The molecule has 104 valence electrons. The summed E-state index contributed by atoms with van der Waals surface area (Å²) in [6, 6.07) is -1.42. The molecule has 0 aromatic rings. The summed E-state index contributed by atoms with van der Waals surface area (Å²) in [6.45, 7) is 1.10. The van der Waals surface area contributed by atoms with Crippen LogP contribution in [0.15, 0.2) is 12.2 Å². The van der Waals surface area contributed by atoms with Crippen molar-refractivity contribution in [2.45, 2.75) is 25.5 Å². The van der Waals surface area contributed by atoms with Crippen LogP contribution in [0.4, 0.5) is 0 Å². The first-order valence-corrected chi connectivity index (χ1v) is 5.56. The third-order valence-corrected chi connectivity index (χ3v) is 2.53. The van der Waals surface area contributed by atoms with Crippen LogP contribution < -0.4 is 5.32 Å². The highest BCUT2D eigenvalue weighted by Crippen LogP contribution is 2.04. The summed E-state index contributed by atoms with van der Waals surface area (Å²) >= 11 is 0. The quantitative estimate of drug-likeness (QED) is 0.492. The molecular formula is C11H14N2O6. The number of nitrogens with zero attached hydrogens (tertiary/aromatic N) is 1. The van der Waals surface area contributed by atoms with Crippen molar-refractivity contribution in [2.75, 3.05) is 6.54 Å². The van der Waals surface area contributed by atoms with Crippen molar-refractivity contribution in [1.29, 1.82) is 0 Å². The topological polar surface area (TPSA) is 124 Å². The second kappa shape index (κ2) is 6.10. The average Bonchev–Trinajstić information content (AvgIpc) is 2.62. The first kappa shape index (κ1) is 14.8. The lowest BCUT2D eigenvalue weighted by Crippen LogP contribution is -2.48. The van der Waals surface area contributed by atoms with E-state index in [-0.39, 0.29) is 13.0 Å². The lowest BCUT2D eigenvalue weighted by Gasteiger charge is -2.18. The standard InChI is InChI=1S/C11H14N2O6/c1-6(14)10(11(18)19)12-7(15)4-5-13-8(16)2-3-9(13)17/h2-3,6,10,14H,4-5H2,1H3,(H,12,15)(H,18,19). The van der Waals surface area contributed by atoms with E-state index in [2.05, 4.69) is 5.32 Å². The highest BCUT2D eigenvalue weighted by Gasteiger charge is 2.27. The van der Waals surface area contributed by atoms with Gasteiger partial charge in [0.15, 0.2) is 6.04 Å². The number of aliphatic carboxylic acids is 1. The second-order valence-electron chi connectivity index (χ2n) is 4.04. The largest absolute Gasteiger partial charge is 0.480 e. The molecule has 2 atom stereocenters.